The van der Waals surface area contributed by atoms with E-state index in [9.17, 15) is 13.2 Å². The molecule has 2 N–H and O–H groups in total. The second-order valence-electron chi connectivity index (χ2n) is 4.49. The van der Waals surface area contributed by atoms with Gasteiger partial charge in [0.2, 0.25) is 0 Å². The highest BCUT2D eigenvalue weighted by Gasteiger charge is 2.13. The van der Waals surface area contributed by atoms with Crippen molar-refractivity contribution in [3.05, 3.63) is 65.0 Å². The van der Waals surface area contributed by atoms with Crippen LogP contribution in [0.4, 0.5) is 13.2 Å². The van der Waals surface area contributed by atoms with Gasteiger partial charge >= 0.3 is 0 Å². The van der Waals surface area contributed by atoms with Crippen LogP contribution in [-0.2, 0) is 0 Å². The monoisotopic (exact) mass is 281 g/mol. The third kappa shape index (κ3) is 3.30. The Morgan fingerprint density at radius 1 is 1.05 bits per heavy atom. The summed E-state index contributed by atoms with van der Waals surface area (Å²) in [6.07, 6.45) is 0. The van der Waals surface area contributed by atoms with Crippen LogP contribution in [0.1, 0.15) is 17.2 Å². The minimum Gasteiger partial charge on any atom is -0.491 e. The van der Waals surface area contributed by atoms with Gasteiger partial charge in [0.25, 0.3) is 0 Å². The van der Waals surface area contributed by atoms with Crippen molar-refractivity contribution < 1.29 is 17.9 Å². The summed E-state index contributed by atoms with van der Waals surface area (Å²) in [4.78, 5) is 0. The molecule has 0 saturated heterocycles. The van der Waals surface area contributed by atoms with Gasteiger partial charge in [0.1, 0.15) is 29.8 Å². The molecule has 0 saturated carbocycles. The summed E-state index contributed by atoms with van der Waals surface area (Å²) in [5.74, 6) is -1.25. The Hall–Kier alpha value is -2.01. The first kappa shape index (κ1) is 14.4. The molecule has 0 aliphatic heterocycles. The van der Waals surface area contributed by atoms with Gasteiger partial charge in [-0.05, 0) is 36.8 Å². The number of hydrogen-bond acceptors (Lipinski definition) is 2. The molecule has 0 aliphatic rings. The number of aryl methyl sites for hydroxylation is 1. The molecule has 2 nitrogen and oxygen atoms in total. The quantitative estimate of drug-likeness (QED) is 0.931. The zero-order chi connectivity index (χ0) is 14.7. The highest BCUT2D eigenvalue weighted by molar-refractivity contribution is 5.32. The Balaban J connectivity index is 2.06. The molecule has 2 aromatic carbocycles. The predicted molar refractivity (Wildman–Crippen MR) is 69.9 cm³/mol. The van der Waals surface area contributed by atoms with Gasteiger partial charge in [0, 0.05) is 11.6 Å². The van der Waals surface area contributed by atoms with E-state index >= 15 is 0 Å². The largest absolute Gasteiger partial charge is 0.491 e. The Morgan fingerprint density at radius 2 is 1.70 bits per heavy atom. The Labute approximate surface area is 115 Å². The molecule has 5 heteroatoms. The number of rotatable bonds is 4. The maximum atomic E-state index is 13.5. The van der Waals surface area contributed by atoms with Crippen LogP contribution in [-0.4, -0.2) is 6.61 Å². The lowest BCUT2D eigenvalue weighted by Gasteiger charge is -2.15. The second kappa shape index (κ2) is 5.96. The number of halogens is 3. The van der Waals surface area contributed by atoms with Crippen LogP contribution in [0.15, 0.2) is 36.4 Å². The molecule has 0 heterocycles. The van der Waals surface area contributed by atoms with E-state index in [1.807, 2.05) is 0 Å². The van der Waals surface area contributed by atoms with Gasteiger partial charge in [-0.25, -0.2) is 13.2 Å². The van der Waals surface area contributed by atoms with Gasteiger partial charge in [-0.3, -0.25) is 0 Å². The minimum atomic E-state index is -0.736. The van der Waals surface area contributed by atoms with Crippen LogP contribution in [0.5, 0.6) is 5.75 Å². The number of nitrogens with two attached hydrogens (primary N) is 1. The van der Waals surface area contributed by atoms with E-state index in [1.54, 1.807) is 6.92 Å². The van der Waals surface area contributed by atoms with Crippen molar-refractivity contribution in [1.82, 2.24) is 0 Å². The van der Waals surface area contributed by atoms with Gasteiger partial charge in [0.05, 0.1) is 6.04 Å². The summed E-state index contributed by atoms with van der Waals surface area (Å²) < 4.78 is 44.7. The molecule has 0 spiro atoms. The molecule has 0 amide bonds. The number of ether oxygens (including phenoxy) is 1. The lowest BCUT2D eigenvalue weighted by molar-refractivity contribution is 0.285. The van der Waals surface area contributed by atoms with E-state index < -0.39 is 17.7 Å². The molecule has 1 unspecified atom stereocenters. The van der Waals surface area contributed by atoms with Crippen molar-refractivity contribution in [3.63, 3.8) is 0 Å². The average Bonchev–Trinajstić information content (AvgIpc) is 2.37. The standard InChI is InChI=1S/C15H14F3NO/c1-9-6-10(16)3-5-15(9)20-8-14(19)12-4-2-11(17)7-13(12)18/h2-7,14H,8,19H2,1H3. The van der Waals surface area contributed by atoms with Crippen molar-refractivity contribution in [2.45, 2.75) is 13.0 Å². The van der Waals surface area contributed by atoms with Gasteiger partial charge in [-0.1, -0.05) is 6.07 Å². The molecule has 106 valence electrons. The Kier molecular flexibility index (Phi) is 4.29. The van der Waals surface area contributed by atoms with Crippen LogP contribution in [0.3, 0.4) is 0 Å². The highest BCUT2D eigenvalue weighted by atomic mass is 19.1. The molecule has 0 fully saturated rings. The molecular formula is C15H14F3NO. The van der Waals surface area contributed by atoms with Gasteiger partial charge in [0.15, 0.2) is 0 Å². The van der Waals surface area contributed by atoms with E-state index in [2.05, 4.69) is 0 Å². The average molecular weight is 281 g/mol. The van der Waals surface area contributed by atoms with Crippen LogP contribution in [0.2, 0.25) is 0 Å². The third-order valence-electron chi connectivity index (χ3n) is 2.92. The zero-order valence-corrected chi connectivity index (χ0v) is 10.9. The minimum absolute atomic E-state index is 0.00895. The van der Waals surface area contributed by atoms with Crippen molar-refractivity contribution in [2.24, 2.45) is 5.73 Å². The SMILES string of the molecule is Cc1cc(F)ccc1OCC(N)c1ccc(F)cc1F. The van der Waals surface area contributed by atoms with Crippen LogP contribution in [0, 0.1) is 24.4 Å². The topological polar surface area (TPSA) is 35.2 Å². The molecule has 20 heavy (non-hydrogen) atoms. The first-order valence-electron chi connectivity index (χ1n) is 6.07. The molecule has 2 rings (SSSR count). The van der Waals surface area contributed by atoms with E-state index in [0.29, 0.717) is 11.3 Å². The molecule has 0 aliphatic carbocycles. The smallest absolute Gasteiger partial charge is 0.131 e. The summed E-state index contributed by atoms with van der Waals surface area (Å²) >= 11 is 0. The third-order valence-corrected chi connectivity index (χ3v) is 2.92. The molecule has 0 bridgehead atoms. The molecule has 2 aromatic rings. The molecule has 0 radical (unpaired) electrons. The van der Waals surface area contributed by atoms with Crippen molar-refractivity contribution >= 4 is 0 Å². The summed E-state index contributed by atoms with van der Waals surface area (Å²) in [6.45, 7) is 1.71. The maximum Gasteiger partial charge on any atom is 0.131 e. The first-order valence-corrected chi connectivity index (χ1v) is 6.07. The summed E-state index contributed by atoms with van der Waals surface area (Å²) in [5, 5.41) is 0. The summed E-state index contributed by atoms with van der Waals surface area (Å²) in [5.41, 5.74) is 6.61. The molecule has 0 aromatic heterocycles. The lowest BCUT2D eigenvalue weighted by atomic mass is 10.1. The van der Waals surface area contributed by atoms with E-state index in [-0.39, 0.29) is 18.0 Å². The summed E-state index contributed by atoms with van der Waals surface area (Å²) in [6, 6.07) is 6.56. The van der Waals surface area contributed by atoms with Crippen molar-refractivity contribution in [3.8, 4) is 5.75 Å². The van der Waals surface area contributed by atoms with Crippen LogP contribution >= 0.6 is 0 Å². The molecular weight excluding hydrogens is 267 g/mol. The predicted octanol–water partition coefficient (Wildman–Crippen LogP) is 3.49. The fourth-order valence-electron chi connectivity index (χ4n) is 1.85. The number of hydrogen-bond donors (Lipinski definition) is 1. The Bertz CT molecular complexity index is 616. The lowest BCUT2D eigenvalue weighted by Crippen LogP contribution is -2.20. The van der Waals surface area contributed by atoms with E-state index in [0.717, 1.165) is 12.1 Å². The first-order chi connectivity index (χ1) is 9.47. The fourth-order valence-corrected chi connectivity index (χ4v) is 1.85. The van der Waals surface area contributed by atoms with Gasteiger partial charge < -0.3 is 10.5 Å². The Morgan fingerprint density at radius 3 is 2.35 bits per heavy atom. The van der Waals surface area contributed by atoms with Crippen molar-refractivity contribution in [1.29, 1.82) is 0 Å². The van der Waals surface area contributed by atoms with Crippen molar-refractivity contribution in [2.75, 3.05) is 6.61 Å². The normalized spacial score (nSPS) is 12.2. The maximum absolute atomic E-state index is 13.5. The van der Waals surface area contributed by atoms with Gasteiger partial charge in [-0.15, -0.1) is 0 Å². The summed E-state index contributed by atoms with van der Waals surface area (Å²) in [7, 11) is 0. The van der Waals surface area contributed by atoms with E-state index in [1.165, 1.54) is 24.3 Å². The van der Waals surface area contributed by atoms with Crippen LogP contribution < -0.4 is 10.5 Å². The van der Waals surface area contributed by atoms with Crippen LogP contribution in [0.25, 0.3) is 0 Å². The number of benzene rings is 2. The van der Waals surface area contributed by atoms with Gasteiger partial charge in [-0.2, -0.15) is 0 Å². The van der Waals surface area contributed by atoms with E-state index in [4.69, 9.17) is 10.5 Å². The zero-order valence-electron chi connectivity index (χ0n) is 10.9. The fraction of sp³-hybridized carbons (Fsp3) is 0.200. The second-order valence-corrected chi connectivity index (χ2v) is 4.49. The highest BCUT2D eigenvalue weighted by Crippen LogP contribution is 2.21. The molecule has 1 atom stereocenters.